The maximum atomic E-state index is 3.54. The van der Waals surface area contributed by atoms with E-state index in [9.17, 15) is 0 Å². The van der Waals surface area contributed by atoms with Crippen molar-refractivity contribution in [1.29, 1.82) is 0 Å². The van der Waals surface area contributed by atoms with E-state index in [4.69, 9.17) is 0 Å². The minimum absolute atomic E-state index is 0.169. The van der Waals surface area contributed by atoms with Crippen molar-refractivity contribution in [1.82, 2.24) is 10.2 Å². The van der Waals surface area contributed by atoms with Crippen LogP contribution in [-0.2, 0) is 6.54 Å². The second-order valence-electron chi connectivity index (χ2n) is 7.68. The third-order valence-electron chi connectivity index (χ3n) is 4.36. The highest BCUT2D eigenvalue weighted by molar-refractivity contribution is 5.49. The van der Waals surface area contributed by atoms with Crippen LogP contribution in [0.5, 0.6) is 0 Å². The van der Waals surface area contributed by atoms with E-state index in [1.807, 2.05) is 0 Å². The molecule has 0 aromatic heterocycles. The zero-order valence-electron chi connectivity index (χ0n) is 14.5. The Balaban J connectivity index is 1.97. The molecule has 1 aliphatic heterocycles. The van der Waals surface area contributed by atoms with Gasteiger partial charge in [-0.05, 0) is 58.5 Å². The van der Waals surface area contributed by atoms with Crippen LogP contribution in [0.1, 0.15) is 33.3 Å². The summed E-state index contributed by atoms with van der Waals surface area (Å²) in [5.41, 5.74) is 2.87. The molecule has 0 radical (unpaired) electrons. The molecule has 1 heterocycles. The summed E-state index contributed by atoms with van der Waals surface area (Å²) in [6.07, 6.45) is 0. The first-order valence-corrected chi connectivity index (χ1v) is 8.01. The lowest BCUT2D eigenvalue weighted by Gasteiger charge is -2.23. The summed E-state index contributed by atoms with van der Waals surface area (Å²) in [5.74, 6) is 0.724. The molecule has 1 aliphatic rings. The van der Waals surface area contributed by atoms with E-state index in [0.29, 0.717) is 6.04 Å². The Morgan fingerprint density at radius 1 is 1.14 bits per heavy atom. The minimum atomic E-state index is 0.169. The zero-order valence-corrected chi connectivity index (χ0v) is 14.5. The van der Waals surface area contributed by atoms with Crippen LogP contribution < -0.4 is 10.2 Å². The lowest BCUT2D eigenvalue weighted by molar-refractivity contribution is 0.266. The Morgan fingerprint density at radius 3 is 2.24 bits per heavy atom. The van der Waals surface area contributed by atoms with E-state index in [1.54, 1.807) is 0 Å². The van der Waals surface area contributed by atoms with E-state index < -0.39 is 0 Å². The van der Waals surface area contributed by atoms with Crippen molar-refractivity contribution in [2.45, 2.75) is 45.8 Å². The number of anilines is 1. The molecule has 2 unspecified atom stereocenters. The fraction of sp³-hybridized carbons (Fsp3) is 0.667. The second-order valence-corrected chi connectivity index (χ2v) is 7.68. The molecule has 1 aromatic carbocycles. The molecule has 3 heteroatoms. The normalized spacial score (nSPS) is 23.1. The summed E-state index contributed by atoms with van der Waals surface area (Å²) in [5, 5.41) is 3.54. The summed E-state index contributed by atoms with van der Waals surface area (Å²) >= 11 is 0. The van der Waals surface area contributed by atoms with Crippen LogP contribution >= 0.6 is 0 Å². The van der Waals surface area contributed by atoms with E-state index in [1.165, 1.54) is 11.3 Å². The Bertz CT molecular complexity index is 445. The monoisotopic (exact) mass is 289 g/mol. The fourth-order valence-corrected chi connectivity index (χ4v) is 3.02. The van der Waals surface area contributed by atoms with Crippen LogP contribution in [0.25, 0.3) is 0 Å². The topological polar surface area (TPSA) is 18.5 Å². The SMILES string of the molecule is CC1CN(c2ccc(CNC(C)(C)C)cc2)CC1N(C)C. The van der Waals surface area contributed by atoms with Gasteiger partial charge in [-0.25, -0.2) is 0 Å². The van der Waals surface area contributed by atoms with Crippen LogP contribution in [0.15, 0.2) is 24.3 Å². The molecule has 0 aliphatic carbocycles. The van der Waals surface area contributed by atoms with Gasteiger partial charge in [0.25, 0.3) is 0 Å². The standard InChI is InChI=1S/C18H31N3/c1-14-12-21(13-17(14)20(5)6)16-9-7-15(8-10-16)11-19-18(2,3)4/h7-10,14,17,19H,11-13H2,1-6H3. The molecular formula is C18H31N3. The molecule has 1 N–H and O–H groups in total. The van der Waals surface area contributed by atoms with Gasteiger partial charge in [-0.2, -0.15) is 0 Å². The Hall–Kier alpha value is -1.06. The lowest BCUT2D eigenvalue weighted by atomic mass is 10.1. The average Bonchev–Trinajstić information content (AvgIpc) is 2.78. The van der Waals surface area contributed by atoms with Gasteiger partial charge >= 0.3 is 0 Å². The number of hydrogen-bond donors (Lipinski definition) is 1. The summed E-state index contributed by atoms with van der Waals surface area (Å²) in [4.78, 5) is 4.86. The molecule has 0 amide bonds. The van der Waals surface area contributed by atoms with Gasteiger partial charge in [0.1, 0.15) is 0 Å². The van der Waals surface area contributed by atoms with Crippen LogP contribution in [0.3, 0.4) is 0 Å². The number of nitrogens with zero attached hydrogens (tertiary/aromatic N) is 2. The molecule has 0 saturated carbocycles. The third kappa shape index (κ3) is 4.45. The summed E-state index contributed by atoms with van der Waals surface area (Å²) < 4.78 is 0. The van der Waals surface area contributed by atoms with Crippen molar-refractivity contribution in [3.8, 4) is 0 Å². The lowest BCUT2D eigenvalue weighted by Crippen LogP contribution is -2.35. The van der Waals surface area contributed by atoms with Crippen molar-refractivity contribution in [2.75, 3.05) is 32.1 Å². The third-order valence-corrected chi connectivity index (χ3v) is 4.36. The van der Waals surface area contributed by atoms with E-state index >= 15 is 0 Å². The van der Waals surface area contributed by atoms with Crippen LogP contribution in [-0.4, -0.2) is 43.7 Å². The zero-order chi connectivity index (χ0) is 15.6. The predicted octanol–water partition coefficient (Wildman–Crippen LogP) is 2.96. The maximum Gasteiger partial charge on any atom is 0.0367 e. The Labute approximate surface area is 130 Å². The van der Waals surface area contributed by atoms with E-state index in [0.717, 1.165) is 25.6 Å². The molecule has 2 rings (SSSR count). The minimum Gasteiger partial charge on any atom is -0.370 e. The summed E-state index contributed by atoms with van der Waals surface area (Å²) in [6.45, 7) is 12.2. The predicted molar refractivity (Wildman–Crippen MR) is 91.9 cm³/mol. The Kier molecular flexibility index (Phi) is 4.95. The van der Waals surface area contributed by atoms with Crippen molar-refractivity contribution in [2.24, 2.45) is 5.92 Å². The smallest absolute Gasteiger partial charge is 0.0367 e. The largest absolute Gasteiger partial charge is 0.370 e. The van der Waals surface area contributed by atoms with Gasteiger partial charge in [0.15, 0.2) is 0 Å². The number of likely N-dealkylation sites (N-methyl/N-ethyl adjacent to an activating group) is 1. The van der Waals surface area contributed by atoms with Gasteiger partial charge in [-0.15, -0.1) is 0 Å². The van der Waals surface area contributed by atoms with E-state index in [2.05, 4.69) is 81.2 Å². The highest BCUT2D eigenvalue weighted by Crippen LogP contribution is 2.26. The number of nitrogens with one attached hydrogen (secondary N) is 1. The highest BCUT2D eigenvalue weighted by Gasteiger charge is 2.30. The molecule has 2 atom stereocenters. The highest BCUT2D eigenvalue weighted by atomic mass is 15.2. The molecule has 1 aromatic rings. The second kappa shape index (κ2) is 6.37. The molecule has 0 bridgehead atoms. The van der Waals surface area contributed by atoms with Gasteiger partial charge in [0, 0.05) is 36.9 Å². The van der Waals surface area contributed by atoms with Gasteiger partial charge in [0.05, 0.1) is 0 Å². The number of hydrogen-bond acceptors (Lipinski definition) is 3. The fourth-order valence-electron chi connectivity index (χ4n) is 3.02. The Morgan fingerprint density at radius 2 is 1.76 bits per heavy atom. The molecule has 1 fully saturated rings. The average molecular weight is 289 g/mol. The first-order chi connectivity index (χ1) is 9.76. The van der Waals surface area contributed by atoms with Crippen molar-refractivity contribution < 1.29 is 0 Å². The maximum absolute atomic E-state index is 3.54. The number of rotatable bonds is 4. The van der Waals surface area contributed by atoms with Gasteiger partial charge in [0.2, 0.25) is 0 Å². The molecule has 1 saturated heterocycles. The van der Waals surface area contributed by atoms with Crippen LogP contribution in [0, 0.1) is 5.92 Å². The van der Waals surface area contributed by atoms with Crippen molar-refractivity contribution in [3.05, 3.63) is 29.8 Å². The number of benzene rings is 1. The van der Waals surface area contributed by atoms with Gasteiger partial charge in [-0.3, -0.25) is 0 Å². The van der Waals surface area contributed by atoms with E-state index in [-0.39, 0.29) is 5.54 Å². The van der Waals surface area contributed by atoms with Gasteiger partial charge in [-0.1, -0.05) is 19.1 Å². The van der Waals surface area contributed by atoms with Crippen molar-refractivity contribution >= 4 is 5.69 Å². The van der Waals surface area contributed by atoms with Gasteiger partial charge < -0.3 is 15.1 Å². The molecular weight excluding hydrogens is 258 g/mol. The van der Waals surface area contributed by atoms with Crippen molar-refractivity contribution in [3.63, 3.8) is 0 Å². The quantitative estimate of drug-likeness (QED) is 0.919. The first-order valence-electron chi connectivity index (χ1n) is 8.01. The molecule has 118 valence electrons. The molecule has 21 heavy (non-hydrogen) atoms. The molecule has 3 nitrogen and oxygen atoms in total. The summed E-state index contributed by atoms with van der Waals surface area (Å²) in [6, 6.07) is 9.70. The summed E-state index contributed by atoms with van der Waals surface area (Å²) in [7, 11) is 4.37. The molecule has 0 spiro atoms. The van der Waals surface area contributed by atoms with Crippen LogP contribution in [0.4, 0.5) is 5.69 Å². The first kappa shape index (κ1) is 16.3. The van der Waals surface area contributed by atoms with Crippen LogP contribution in [0.2, 0.25) is 0 Å².